The van der Waals surface area contributed by atoms with Crippen LogP contribution in [0.25, 0.3) is 0 Å². The Labute approximate surface area is 208 Å². The van der Waals surface area contributed by atoms with Crippen molar-refractivity contribution in [2.24, 2.45) is 17.8 Å². The van der Waals surface area contributed by atoms with Crippen LogP contribution >= 0.6 is 0 Å². The highest BCUT2D eigenvalue weighted by Crippen LogP contribution is 2.63. The summed E-state index contributed by atoms with van der Waals surface area (Å²) in [5.41, 5.74) is -2.75. The zero-order valence-electron chi connectivity index (χ0n) is 21.0. The Balaban J connectivity index is 1.96. The summed E-state index contributed by atoms with van der Waals surface area (Å²) in [6.45, 7) is 8.41. The molecule has 2 aliphatic carbocycles. The number of alkyl carbamates (subject to hydrolysis) is 1. The summed E-state index contributed by atoms with van der Waals surface area (Å²) in [4.78, 5) is 63.4. The summed E-state index contributed by atoms with van der Waals surface area (Å²) in [7, 11) is 0. The van der Waals surface area contributed by atoms with Crippen LogP contribution in [0.3, 0.4) is 0 Å². The van der Waals surface area contributed by atoms with E-state index in [1.54, 1.807) is 34.6 Å². The molecule has 2 fully saturated rings. The molecule has 0 saturated heterocycles. The first-order chi connectivity index (χ1) is 16.9. The van der Waals surface area contributed by atoms with Crippen molar-refractivity contribution in [3.05, 3.63) is 35.4 Å². The normalized spacial score (nSPS) is 26.2. The number of benzene rings is 1. The summed E-state index contributed by atoms with van der Waals surface area (Å²) in [6, 6.07) is 4.96. The van der Waals surface area contributed by atoms with Crippen LogP contribution in [0.5, 0.6) is 0 Å². The standard InChI is InChI=1S/C25H32N2O9/c1-6-34-21(31)17-16-15(26-19(28)13-10-8-9-11-14(13)20(29)30)12-25(18(16)17,22(32)35-7-2)27-23(33)36-24(3,4)5/h8-11,15-18H,6-7,12H2,1-5H3,(H,26,28)(H,27,33)(H,29,30). The van der Waals surface area contributed by atoms with Crippen LogP contribution in [0.1, 0.15) is 61.8 Å². The number of hydrogen-bond acceptors (Lipinski definition) is 8. The Morgan fingerprint density at radius 1 is 1.03 bits per heavy atom. The summed E-state index contributed by atoms with van der Waals surface area (Å²) in [5, 5.41) is 14.9. The van der Waals surface area contributed by atoms with Gasteiger partial charge in [-0.3, -0.25) is 9.59 Å². The van der Waals surface area contributed by atoms with Crippen LogP contribution in [0, 0.1) is 17.8 Å². The number of carboxylic acids is 1. The number of amides is 2. The van der Waals surface area contributed by atoms with Crippen molar-refractivity contribution in [1.82, 2.24) is 10.6 Å². The molecule has 5 unspecified atom stereocenters. The Morgan fingerprint density at radius 3 is 2.19 bits per heavy atom. The number of hydrogen-bond donors (Lipinski definition) is 3. The van der Waals surface area contributed by atoms with Crippen LogP contribution in [-0.2, 0) is 23.8 Å². The van der Waals surface area contributed by atoms with Gasteiger partial charge in [0.05, 0.1) is 30.3 Å². The number of carbonyl (C=O) groups excluding carboxylic acids is 4. The molecular formula is C25H32N2O9. The second-order valence-corrected chi connectivity index (χ2v) is 9.83. The number of rotatable bonds is 8. The number of nitrogens with one attached hydrogen (secondary N) is 2. The quantitative estimate of drug-likeness (QED) is 0.356. The number of aromatic carboxylic acids is 1. The number of fused-ring (bicyclic) bond motifs is 1. The maximum atomic E-state index is 13.2. The molecule has 5 atom stereocenters. The maximum Gasteiger partial charge on any atom is 0.408 e. The van der Waals surface area contributed by atoms with E-state index >= 15 is 0 Å². The maximum absolute atomic E-state index is 13.2. The van der Waals surface area contributed by atoms with E-state index in [2.05, 4.69) is 10.6 Å². The molecule has 1 aromatic carbocycles. The summed E-state index contributed by atoms with van der Waals surface area (Å²) >= 11 is 0. The molecule has 3 rings (SSSR count). The van der Waals surface area contributed by atoms with E-state index in [1.165, 1.54) is 24.3 Å². The molecule has 0 aliphatic heterocycles. The van der Waals surface area contributed by atoms with Crippen LogP contribution in [0.4, 0.5) is 4.79 Å². The molecule has 11 nitrogen and oxygen atoms in total. The molecule has 2 saturated carbocycles. The van der Waals surface area contributed by atoms with Crippen molar-refractivity contribution in [3.8, 4) is 0 Å². The smallest absolute Gasteiger partial charge is 0.408 e. The van der Waals surface area contributed by atoms with Gasteiger partial charge in [0.1, 0.15) is 11.1 Å². The highest BCUT2D eigenvalue weighted by Gasteiger charge is 2.76. The van der Waals surface area contributed by atoms with Gasteiger partial charge in [0.15, 0.2) is 0 Å². The van der Waals surface area contributed by atoms with Gasteiger partial charge >= 0.3 is 24.0 Å². The molecule has 2 aliphatic rings. The van der Waals surface area contributed by atoms with Crippen molar-refractivity contribution >= 4 is 29.9 Å². The molecule has 11 heteroatoms. The van der Waals surface area contributed by atoms with Gasteiger partial charge < -0.3 is 30.0 Å². The molecule has 3 N–H and O–H groups in total. The van der Waals surface area contributed by atoms with Crippen molar-refractivity contribution in [2.75, 3.05) is 13.2 Å². The van der Waals surface area contributed by atoms with Gasteiger partial charge in [0, 0.05) is 18.4 Å². The average Bonchev–Trinajstić information content (AvgIpc) is 3.46. The molecule has 0 aromatic heterocycles. The Hall–Kier alpha value is -3.63. The van der Waals surface area contributed by atoms with Crippen molar-refractivity contribution < 1.29 is 43.3 Å². The van der Waals surface area contributed by atoms with Crippen molar-refractivity contribution in [3.63, 3.8) is 0 Å². The monoisotopic (exact) mass is 504 g/mol. The fourth-order valence-electron chi connectivity index (χ4n) is 5.04. The van der Waals surface area contributed by atoms with E-state index < -0.39 is 64.8 Å². The molecule has 2 amide bonds. The largest absolute Gasteiger partial charge is 0.478 e. The SMILES string of the molecule is CCOC(=O)C1C2C(NC(=O)c3ccccc3C(=O)O)CC(NC(=O)OC(C)(C)C)(C(=O)OCC)C12. The third-order valence-corrected chi connectivity index (χ3v) is 6.29. The molecule has 0 spiro atoms. The number of carbonyl (C=O) groups is 5. The predicted molar refractivity (Wildman–Crippen MR) is 125 cm³/mol. The molecule has 36 heavy (non-hydrogen) atoms. The number of carboxylic acid groups (broad SMARTS) is 1. The Bertz CT molecular complexity index is 1060. The van der Waals surface area contributed by atoms with Gasteiger partial charge in [-0.1, -0.05) is 12.1 Å². The lowest BCUT2D eigenvalue weighted by atomic mass is 9.88. The summed E-state index contributed by atoms with van der Waals surface area (Å²) in [5.74, 6) is -5.28. The van der Waals surface area contributed by atoms with Gasteiger partial charge in [-0.15, -0.1) is 0 Å². The molecule has 0 bridgehead atoms. The van der Waals surface area contributed by atoms with E-state index in [-0.39, 0.29) is 30.8 Å². The van der Waals surface area contributed by atoms with Gasteiger partial charge in [0.25, 0.3) is 5.91 Å². The van der Waals surface area contributed by atoms with Gasteiger partial charge in [-0.05, 0) is 52.7 Å². The lowest BCUT2D eigenvalue weighted by Gasteiger charge is -2.33. The van der Waals surface area contributed by atoms with Crippen LogP contribution in [0.15, 0.2) is 24.3 Å². The Morgan fingerprint density at radius 2 is 1.64 bits per heavy atom. The van der Waals surface area contributed by atoms with E-state index in [9.17, 15) is 29.1 Å². The van der Waals surface area contributed by atoms with E-state index in [4.69, 9.17) is 14.2 Å². The summed E-state index contributed by atoms with van der Waals surface area (Å²) < 4.78 is 15.8. The first-order valence-electron chi connectivity index (χ1n) is 11.8. The predicted octanol–water partition coefficient (Wildman–Crippen LogP) is 2.14. The Kier molecular flexibility index (Phi) is 7.61. The van der Waals surface area contributed by atoms with Crippen LogP contribution in [-0.4, -0.2) is 65.4 Å². The van der Waals surface area contributed by atoms with E-state index in [0.717, 1.165) is 0 Å². The third-order valence-electron chi connectivity index (χ3n) is 6.29. The second kappa shape index (κ2) is 10.2. The first-order valence-corrected chi connectivity index (χ1v) is 11.8. The van der Waals surface area contributed by atoms with Crippen molar-refractivity contribution in [1.29, 1.82) is 0 Å². The number of ether oxygens (including phenoxy) is 3. The summed E-state index contributed by atoms with van der Waals surface area (Å²) in [6.07, 6.45) is -0.941. The highest BCUT2D eigenvalue weighted by molar-refractivity contribution is 6.05. The van der Waals surface area contributed by atoms with Crippen molar-refractivity contribution in [2.45, 2.75) is 58.2 Å². The molecule has 0 radical (unpaired) electrons. The minimum absolute atomic E-state index is 0.0288. The van der Waals surface area contributed by atoms with Gasteiger partial charge in [-0.25, -0.2) is 14.4 Å². The molecule has 196 valence electrons. The lowest BCUT2D eigenvalue weighted by Crippen LogP contribution is -2.59. The van der Waals surface area contributed by atoms with Crippen LogP contribution < -0.4 is 10.6 Å². The topological polar surface area (TPSA) is 157 Å². The average molecular weight is 505 g/mol. The minimum atomic E-state index is -1.65. The second-order valence-electron chi connectivity index (χ2n) is 9.83. The van der Waals surface area contributed by atoms with E-state index in [1.807, 2.05) is 0 Å². The fraction of sp³-hybridized carbons (Fsp3) is 0.560. The first kappa shape index (κ1) is 27.0. The zero-order valence-corrected chi connectivity index (χ0v) is 21.0. The molecule has 1 aromatic rings. The van der Waals surface area contributed by atoms with E-state index in [0.29, 0.717) is 0 Å². The fourth-order valence-corrected chi connectivity index (χ4v) is 5.04. The van der Waals surface area contributed by atoms with Crippen LogP contribution in [0.2, 0.25) is 0 Å². The van der Waals surface area contributed by atoms with Gasteiger partial charge in [0.2, 0.25) is 0 Å². The zero-order chi connectivity index (χ0) is 26.8. The van der Waals surface area contributed by atoms with Gasteiger partial charge in [-0.2, -0.15) is 0 Å². The number of esters is 2. The third kappa shape index (κ3) is 5.29. The lowest BCUT2D eigenvalue weighted by molar-refractivity contribution is -0.153. The molecular weight excluding hydrogens is 472 g/mol. The molecule has 0 heterocycles. The minimum Gasteiger partial charge on any atom is -0.478 e. The highest BCUT2D eigenvalue weighted by atomic mass is 16.6.